The summed E-state index contributed by atoms with van der Waals surface area (Å²) in [6.07, 6.45) is 3.30. The Bertz CT molecular complexity index is 654. The van der Waals surface area contributed by atoms with E-state index < -0.39 is 10.0 Å². The van der Waals surface area contributed by atoms with Crippen molar-refractivity contribution >= 4 is 22.0 Å². The van der Waals surface area contributed by atoms with Crippen molar-refractivity contribution in [1.29, 1.82) is 0 Å². The Morgan fingerprint density at radius 1 is 1.11 bits per heavy atom. The van der Waals surface area contributed by atoms with Gasteiger partial charge in [-0.15, -0.1) is 0 Å². The first-order valence-corrected chi connectivity index (χ1v) is 6.58. The van der Waals surface area contributed by atoms with E-state index in [9.17, 15) is 13.2 Å². The number of carbonyl (C=O) groups is 1. The van der Waals surface area contributed by atoms with E-state index >= 15 is 0 Å². The largest absolute Gasteiger partial charge is 0.298 e. The highest BCUT2D eigenvalue weighted by atomic mass is 32.2. The zero-order valence-electron chi connectivity index (χ0n) is 9.28. The van der Waals surface area contributed by atoms with Crippen LogP contribution in [0.25, 0.3) is 0 Å². The van der Waals surface area contributed by atoms with Crippen molar-refractivity contribution in [3.05, 3.63) is 54.4 Å². The average molecular weight is 262 g/mol. The van der Waals surface area contributed by atoms with Crippen LogP contribution in [0.3, 0.4) is 0 Å². The molecule has 5 nitrogen and oxygen atoms in total. The summed E-state index contributed by atoms with van der Waals surface area (Å²) < 4.78 is 26.3. The fraction of sp³-hybridized carbons (Fsp3) is 0. The number of nitrogens with one attached hydrogen (secondary N) is 1. The summed E-state index contributed by atoms with van der Waals surface area (Å²) in [5, 5.41) is 0. The van der Waals surface area contributed by atoms with Crippen LogP contribution in [-0.4, -0.2) is 19.7 Å². The highest BCUT2D eigenvalue weighted by Crippen LogP contribution is 2.15. The molecule has 2 aromatic rings. The summed E-state index contributed by atoms with van der Waals surface area (Å²) >= 11 is 0. The van der Waals surface area contributed by atoms with E-state index in [2.05, 4.69) is 9.71 Å². The number of nitrogens with zero attached hydrogens (tertiary/aromatic N) is 1. The molecule has 1 aromatic carbocycles. The lowest BCUT2D eigenvalue weighted by Crippen LogP contribution is -2.13. The Balaban J connectivity index is 2.31. The fourth-order valence-electron chi connectivity index (χ4n) is 1.39. The lowest BCUT2D eigenvalue weighted by molar-refractivity contribution is 0.112. The van der Waals surface area contributed by atoms with Crippen LogP contribution in [0, 0.1) is 0 Å². The number of carbonyl (C=O) groups excluding carboxylic acids is 1. The number of hydrogen-bond donors (Lipinski definition) is 1. The third-order valence-electron chi connectivity index (χ3n) is 2.20. The second-order valence-corrected chi connectivity index (χ2v) is 5.23. The van der Waals surface area contributed by atoms with Crippen LogP contribution in [-0.2, 0) is 10.0 Å². The molecule has 1 heterocycles. The van der Waals surface area contributed by atoms with Crippen LogP contribution in [0.1, 0.15) is 10.4 Å². The average Bonchev–Trinajstić information content (AvgIpc) is 2.39. The van der Waals surface area contributed by atoms with E-state index in [0.29, 0.717) is 11.8 Å². The highest BCUT2D eigenvalue weighted by Gasteiger charge is 2.13. The van der Waals surface area contributed by atoms with Gasteiger partial charge >= 0.3 is 0 Å². The van der Waals surface area contributed by atoms with E-state index in [0.717, 1.165) is 0 Å². The van der Waals surface area contributed by atoms with Crippen molar-refractivity contribution in [3.63, 3.8) is 0 Å². The molecule has 0 unspecified atom stereocenters. The lowest BCUT2D eigenvalue weighted by atomic mass is 10.3. The van der Waals surface area contributed by atoms with Gasteiger partial charge in [0.05, 0.1) is 16.8 Å². The Labute approximate surface area is 105 Å². The zero-order chi connectivity index (χ0) is 13.0. The highest BCUT2D eigenvalue weighted by molar-refractivity contribution is 7.92. The van der Waals surface area contributed by atoms with Crippen LogP contribution in [0.5, 0.6) is 0 Å². The van der Waals surface area contributed by atoms with Crippen molar-refractivity contribution in [2.75, 3.05) is 4.72 Å². The van der Waals surface area contributed by atoms with E-state index in [4.69, 9.17) is 0 Å². The van der Waals surface area contributed by atoms with Crippen LogP contribution in [0.4, 0.5) is 5.69 Å². The van der Waals surface area contributed by atoms with Crippen molar-refractivity contribution in [3.8, 4) is 0 Å². The number of rotatable bonds is 4. The topological polar surface area (TPSA) is 76.1 Å². The van der Waals surface area contributed by atoms with E-state index in [1.54, 1.807) is 18.2 Å². The molecule has 0 spiro atoms. The third kappa shape index (κ3) is 2.72. The van der Waals surface area contributed by atoms with Gasteiger partial charge in [0.15, 0.2) is 6.29 Å². The molecular weight excluding hydrogens is 252 g/mol. The minimum absolute atomic E-state index is 0.154. The summed E-state index contributed by atoms with van der Waals surface area (Å²) in [7, 11) is -3.64. The minimum Gasteiger partial charge on any atom is -0.298 e. The number of sulfonamides is 1. The van der Waals surface area contributed by atoms with Gasteiger partial charge in [-0.2, -0.15) is 0 Å². The van der Waals surface area contributed by atoms with Crippen molar-refractivity contribution in [1.82, 2.24) is 4.98 Å². The Hall–Kier alpha value is -2.21. The molecule has 0 saturated heterocycles. The van der Waals surface area contributed by atoms with Crippen LogP contribution in [0.15, 0.2) is 53.7 Å². The summed E-state index contributed by atoms with van der Waals surface area (Å²) in [5.74, 6) is 0. The van der Waals surface area contributed by atoms with Gasteiger partial charge < -0.3 is 0 Å². The second-order valence-electron chi connectivity index (χ2n) is 3.54. The Morgan fingerprint density at radius 2 is 1.83 bits per heavy atom. The van der Waals surface area contributed by atoms with E-state index in [1.165, 1.54) is 30.6 Å². The van der Waals surface area contributed by atoms with Crippen LogP contribution in [0.2, 0.25) is 0 Å². The lowest BCUT2D eigenvalue weighted by Gasteiger charge is -2.07. The first-order chi connectivity index (χ1) is 8.62. The van der Waals surface area contributed by atoms with Gasteiger partial charge in [0.25, 0.3) is 10.0 Å². The van der Waals surface area contributed by atoms with Gasteiger partial charge in [0, 0.05) is 11.8 Å². The molecular formula is C12H10N2O3S. The molecule has 0 atom stereocenters. The summed E-state index contributed by atoms with van der Waals surface area (Å²) in [5.41, 5.74) is 0.562. The third-order valence-corrected chi connectivity index (χ3v) is 3.60. The molecule has 18 heavy (non-hydrogen) atoms. The van der Waals surface area contributed by atoms with Gasteiger partial charge in [-0.3, -0.25) is 14.5 Å². The molecule has 0 aliphatic carbocycles. The number of anilines is 1. The van der Waals surface area contributed by atoms with E-state index in [-0.39, 0.29) is 10.6 Å². The van der Waals surface area contributed by atoms with Crippen molar-refractivity contribution in [2.45, 2.75) is 4.90 Å². The normalized spacial score (nSPS) is 10.9. The maximum Gasteiger partial charge on any atom is 0.261 e. The van der Waals surface area contributed by atoms with Gasteiger partial charge in [-0.1, -0.05) is 18.2 Å². The quantitative estimate of drug-likeness (QED) is 0.851. The van der Waals surface area contributed by atoms with Crippen LogP contribution < -0.4 is 4.72 Å². The van der Waals surface area contributed by atoms with Gasteiger partial charge in [0.2, 0.25) is 0 Å². The fourth-order valence-corrected chi connectivity index (χ4v) is 2.45. The molecule has 2 rings (SSSR count). The predicted octanol–water partition coefficient (Wildman–Crippen LogP) is 1.69. The monoisotopic (exact) mass is 262 g/mol. The number of aromatic nitrogens is 1. The smallest absolute Gasteiger partial charge is 0.261 e. The first kappa shape index (κ1) is 12.3. The molecule has 0 fully saturated rings. The molecule has 0 bridgehead atoms. The summed E-state index contributed by atoms with van der Waals surface area (Å²) in [6, 6.07) is 9.38. The number of hydrogen-bond acceptors (Lipinski definition) is 4. The molecule has 0 saturated carbocycles. The molecule has 0 aliphatic heterocycles. The SMILES string of the molecule is O=Cc1cncc(NS(=O)(=O)c2ccccc2)c1. The molecule has 92 valence electrons. The van der Waals surface area contributed by atoms with Crippen molar-refractivity contribution in [2.24, 2.45) is 0 Å². The van der Waals surface area contributed by atoms with Crippen LogP contribution >= 0.6 is 0 Å². The van der Waals surface area contributed by atoms with Gasteiger partial charge in [-0.05, 0) is 18.2 Å². The number of benzene rings is 1. The number of aldehydes is 1. The second kappa shape index (κ2) is 4.97. The minimum atomic E-state index is -3.64. The molecule has 0 amide bonds. The van der Waals surface area contributed by atoms with Gasteiger partial charge in [0.1, 0.15) is 0 Å². The molecule has 6 heteroatoms. The molecule has 1 N–H and O–H groups in total. The standard InChI is InChI=1S/C12H10N2O3S/c15-9-10-6-11(8-13-7-10)14-18(16,17)12-4-2-1-3-5-12/h1-9,14H. The Morgan fingerprint density at radius 3 is 2.50 bits per heavy atom. The Kier molecular flexibility index (Phi) is 3.38. The maximum absolute atomic E-state index is 12.0. The maximum atomic E-state index is 12.0. The summed E-state index contributed by atoms with van der Waals surface area (Å²) in [6.45, 7) is 0. The predicted molar refractivity (Wildman–Crippen MR) is 66.9 cm³/mol. The molecule has 1 aromatic heterocycles. The summed E-state index contributed by atoms with van der Waals surface area (Å²) in [4.78, 5) is 14.5. The zero-order valence-corrected chi connectivity index (χ0v) is 10.1. The molecule has 0 aliphatic rings. The van der Waals surface area contributed by atoms with Gasteiger partial charge in [-0.25, -0.2) is 8.42 Å². The van der Waals surface area contributed by atoms with E-state index in [1.807, 2.05) is 0 Å². The number of pyridine rings is 1. The van der Waals surface area contributed by atoms with Crippen molar-refractivity contribution < 1.29 is 13.2 Å². The molecule has 0 radical (unpaired) electrons. The first-order valence-electron chi connectivity index (χ1n) is 5.10.